The smallest absolute Gasteiger partial charge is 0.308 e. The third kappa shape index (κ3) is 4.89. The van der Waals surface area contributed by atoms with Crippen LogP contribution in [0.2, 0.25) is 10.0 Å². The number of hydrogen-bond donors (Lipinski definition) is 2. The van der Waals surface area contributed by atoms with E-state index >= 15 is 0 Å². The number of hydrogen-bond acceptors (Lipinski definition) is 2. The van der Waals surface area contributed by atoms with Crippen molar-refractivity contribution in [3.8, 4) is 11.1 Å². The summed E-state index contributed by atoms with van der Waals surface area (Å²) in [6.45, 7) is 0. The second kappa shape index (κ2) is 8.57. The molecule has 3 amide bonds. The van der Waals surface area contributed by atoms with E-state index in [2.05, 4.69) is 26.6 Å². The van der Waals surface area contributed by atoms with Crippen LogP contribution in [0.4, 0.5) is 10.5 Å². The molecule has 0 aliphatic heterocycles. The highest BCUT2D eigenvalue weighted by Gasteiger charge is 2.17. The molecule has 3 aromatic carbocycles. The first-order chi connectivity index (χ1) is 12.9. The Bertz CT molecular complexity index is 970. The van der Waals surface area contributed by atoms with Gasteiger partial charge < -0.3 is 5.32 Å². The van der Waals surface area contributed by atoms with Gasteiger partial charge in [-0.05, 0) is 47.5 Å². The number of halogens is 3. The third-order valence-corrected chi connectivity index (χ3v) is 4.90. The van der Waals surface area contributed by atoms with Gasteiger partial charge in [-0.25, -0.2) is 4.79 Å². The van der Waals surface area contributed by atoms with E-state index in [0.717, 1.165) is 15.6 Å². The van der Waals surface area contributed by atoms with Gasteiger partial charge in [0.15, 0.2) is 0 Å². The zero-order valence-corrected chi connectivity index (χ0v) is 16.9. The van der Waals surface area contributed by atoms with Crippen molar-refractivity contribution in [1.82, 2.24) is 5.32 Å². The number of nitrogens with one attached hydrogen (secondary N) is 2. The molecule has 136 valence electrons. The van der Waals surface area contributed by atoms with E-state index in [1.165, 1.54) is 12.1 Å². The van der Waals surface area contributed by atoms with Crippen LogP contribution in [0, 0.1) is 0 Å². The van der Waals surface area contributed by atoms with E-state index < -0.39 is 11.9 Å². The summed E-state index contributed by atoms with van der Waals surface area (Å²) in [5.41, 5.74) is 2.66. The first-order valence-corrected chi connectivity index (χ1v) is 9.41. The fourth-order valence-electron chi connectivity index (χ4n) is 2.43. The lowest BCUT2D eigenvalue weighted by atomic mass is 10.1. The molecular weight excluding hydrogens is 451 g/mol. The molecule has 0 fully saturated rings. The molecule has 0 saturated carbocycles. The van der Waals surface area contributed by atoms with Crippen molar-refractivity contribution in [3.63, 3.8) is 0 Å². The van der Waals surface area contributed by atoms with Crippen LogP contribution in [0.25, 0.3) is 11.1 Å². The molecule has 0 radical (unpaired) electrons. The van der Waals surface area contributed by atoms with Crippen LogP contribution >= 0.6 is 39.1 Å². The summed E-state index contributed by atoms with van der Waals surface area (Å²) in [6, 6.07) is 19.2. The number of carbonyl (C=O) groups excluding carboxylic acids is 2. The molecule has 0 bridgehead atoms. The minimum Gasteiger partial charge on any atom is -0.308 e. The quantitative estimate of drug-likeness (QED) is 0.473. The van der Waals surface area contributed by atoms with Crippen LogP contribution in [0.15, 0.2) is 71.2 Å². The Morgan fingerprint density at radius 1 is 0.778 bits per heavy atom. The number of benzene rings is 3. The van der Waals surface area contributed by atoms with E-state index in [4.69, 9.17) is 23.2 Å². The Kier molecular flexibility index (Phi) is 6.16. The van der Waals surface area contributed by atoms with Gasteiger partial charge in [0.2, 0.25) is 0 Å². The Balaban J connectivity index is 1.66. The standard InChI is InChI=1S/C20H13BrCl2N2O2/c21-14-8-4-12(5-9-14)13-6-10-15(11-7-13)24-20(27)25-19(26)18-16(22)2-1-3-17(18)23/h1-11H,(H2,24,25,26,27). The van der Waals surface area contributed by atoms with Crippen LogP contribution in [-0.4, -0.2) is 11.9 Å². The zero-order valence-electron chi connectivity index (χ0n) is 13.8. The predicted molar refractivity (Wildman–Crippen MR) is 113 cm³/mol. The molecule has 27 heavy (non-hydrogen) atoms. The van der Waals surface area contributed by atoms with Crippen molar-refractivity contribution >= 4 is 56.8 Å². The van der Waals surface area contributed by atoms with E-state index in [1.807, 2.05) is 36.4 Å². The van der Waals surface area contributed by atoms with Gasteiger partial charge in [0.25, 0.3) is 5.91 Å². The summed E-state index contributed by atoms with van der Waals surface area (Å²) < 4.78 is 1.00. The summed E-state index contributed by atoms with van der Waals surface area (Å²) in [4.78, 5) is 24.3. The van der Waals surface area contributed by atoms with Gasteiger partial charge in [-0.1, -0.05) is 69.5 Å². The normalized spacial score (nSPS) is 10.3. The number of amides is 3. The largest absolute Gasteiger partial charge is 0.326 e. The summed E-state index contributed by atoms with van der Waals surface area (Å²) in [5, 5.41) is 5.17. The molecule has 0 aliphatic rings. The summed E-state index contributed by atoms with van der Waals surface area (Å²) in [7, 11) is 0. The first-order valence-electron chi connectivity index (χ1n) is 7.86. The van der Waals surface area contributed by atoms with Gasteiger partial charge in [-0.15, -0.1) is 0 Å². The molecule has 0 atom stereocenters. The van der Waals surface area contributed by atoms with E-state index in [0.29, 0.717) is 5.69 Å². The van der Waals surface area contributed by atoms with Crippen molar-refractivity contribution in [2.24, 2.45) is 0 Å². The number of carbonyl (C=O) groups is 2. The molecule has 3 rings (SSSR count). The average Bonchev–Trinajstić information content (AvgIpc) is 2.63. The first kappa shape index (κ1) is 19.4. The Labute approximate surface area is 174 Å². The summed E-state index contributed by atoms with van der Waals surface area (Å²) >= 11 is 15.4. The van der Waals surface area contributed by atoms with Crippen molar-refractivity contribution in [2.75, 3.05) is 5.32 Å². The average molecular weight is 464 g/mol. The second-order valence-corrected chi connectivity index (χ2v) is 7.32. The molecule has 0 heterocycles. The van der Waals surface area contributed by atoms with Crippen LogP contribution in [0.1, 0.15) is 10.4 Å². The van der Waals surface area contributed by atoms with Crippen LogP contribution < -0.4 is 10.6 Å². The molecule has 2 N–H and O–H groups in total. The zero-order chi connectivity index (χ0) is 19.4. The monoisotopic (exact) mass is 462 g/mol. The van der Waals surface area contributed by atoms with Crippen molar-refractivity contribution < 1.29 is 9.59 Å². The maximum absolute atomic E-state index is 12.2. The minimum absolute atomic E-state index is 0.0570. The van der Waals surface area contributed by atoms with Gasteiger partial charge >= 0.3 is 6.03 Å². The molecule has 3 aromatic rings. The Morgan fingerprint density at radius 3 is 1.85 bits per heavy atom. The fraction of sp³-hybridized carbons (Fsp3) is 0. The Hall–Kier alpha value is -2.34. The molecule has 0 unspecified atom stereocenters. The molecule has 0 spiro atoms. The highest BCUT2D eigenvalue weighted by molar-refractivity contribution is 9.10. The van der Waals surface area contributed by atoms with Crippen LogP contribution in [0.5, 0.6) is 0 Å². The van der Waals surface area contributed by atoms with Crippen LogP contribution in [-0.2, 0) is 0 Å². The topological polar surface area (TPSA) is 58.2 Å². The van der Waals surface area contributed by atoms with Crippen LogP contribution in [0.3, 0.4) is 0 Å². The highest BCUT2D eigenvalue weighted by atomic mass is 79.9. The van der Waals surface area contributed by atoms with Gasteiger partial charge in [0.05, 0.1) is 15.6 Å². The lowest BCUT2D eigenvalue weighted by Crippen LogP contribution is -2.34. The third-order valence-electron chi connectivity index (χ3n) is 3.74. The number of anilines is 1. The highest BCUT2D eigenvalue weighted by Crippen LogP contribution is 2.25. The molecule has 4 nitrogen and oxygen atoms in total. The number of imide groups is 1. The number of rotatable bonds is 3. The summed E-state index contributed by atoms with van der Waals surface area (Å²) in [5.74, 6) is -0.672. The molecule has 0 aromatic heterocycles. The maximum atomic E-state index is 12.2. The SMILES string of the molecule is O=C(NC(=O)c1c(Cl)cccc1Cl)Nc1ccc(-c2ccc(Br)cc2)cc1. The van der Waals surface area contributed by atoms with Gasteiger partial charge in [0, 0.05) is 10.2 Å². The minimum atomic E-state index is -0.674. The molecule has 7 heteroatoms. The lowest BCUT2D eigenvalue weighted by molar-refractivity contribution is 0.0967. The van der Waals surface area contributed by atoms with E-state index in [9.17, 15) is 9.59 Å². The molecule has 0 aliphatic carbocycles. The predicted octanol–water partition coefficient (Wildman–Crippen LogP) is 6.38. The lowest BCUT2D eigenvalue weighted by Gasteiger charge is -2.09. The number of urea groups is 1. The second-order valence-electron chi connectivity index (χ2n) is 5.59. The van der Waals surface area contributed by atoms with E-state index in [1.54, 1.807) is 18.2 Å². The molecular formula is C20H13BrCl2N2O2. The van der Waals surface area contributed by atoms with Crippen molar-refractivity contribution in [3.05, 3.63) is 86.8 Å². The van der Waals surface area contributed by atoms with Gasteiger partial charge in [-0.3, -0.25) is 10.1 Å². The van der Waals surface area contributed by atoms with Gasteiger partial charge in [-0.2, -0.15) is 0 Å². The summed E-state index contributed by atoms with van der Waals surface area (Å²) in [6.07, 6.45) is 0. The van der Waals surface area contributed by atoms with Gasteiger partial charge in [0.1, 0.15) is 0 Å². The maximum Gasteiger partial charge on any atom is 0.326 e. The molecule has 0 saturated heterocycles. The van der Waals surface area contributed by atoms with Crippen molar-refractivity contribution in [1.29, 1.82) is 0 Å². The van der Waals surface area contributed by atoms with Crippen molar-refractivity contribution in [2.45, 2.75) is 0 Å². The Morgan fingerprint density at radius 2 is 1.30 bits per heavy atom. The van der Waals surface area contributed by atoms with E-state index in [-0.39, 0.29) is 15.6 Å². The fourth-order valence-corrected chi connectivity index (χ4v) is 3.26.